The minimum Gasteiger partial charge on any atom is -0.488 e. The third-order valence-corrected chi connectivity index (χ3v) is 5.20. The molecular weight excluding hydrogens is 398 g/mol. The Bertz CT molecular complexity index is 1350. The number of carbonyl (C=O) groups excluding carboxylic acids is 1. The van der Waals surface area contributed by atoms with E-state index in [1.807, 2.05) is 79.7 Å². The van der Waals surface area contributed by atoms with Crippen molar-refractivity contribution in [1.29, 1.82) is 5.26 Å². The molecule has 4 aromatic carbocycles. The molecule has 0 spiro atoms. The van der Waals surface area contributed by atoms with Gasteiger partial charge in [0.05, 0.1) is 17.8 Å². The van der Waals surface area contributed by atoms with E-state index in [1.165, 1.54) is 0 Å². The number of hydrogen-bond donors (Lipinski definition) is 1. The SMILES string of the molecule is Cc1ccccc1C(=O)N/N=C/c1c(OCc2ccccc2C#N)ccc2ccccc12. The third-order valence-electron chi connectivity index (χ3n) is 5.20. The van der Waals surface area contributed by atoms with E-state index in [-0.39, 0.29) is 12.5 Å². The summed E-state index contributed by atoms with van der Waals surface area (Å²) in [5, 5.41) is 15.5. The van der Waals surface area contributed by atoms with Crippen LogP contribution in [0.15, 0.2) is 90.0 Å². The second-order valence-corrected chi connectivity index (χ2v) is 7.27. The first-order chi connectivity index (χ1) is 15.7. The van der Waals surface area contributed by atoms with Crippen LogP contribution in [0, 0.1) is 18.3 Å². The number of fused-ring (bicyclic) bond motifs is 1. The van der Waals surface area contributed by atoms with Crippen LogP contribution in [0.4, 0.5) is 0 Å². The van der Waals surface area contributed by atoms with E-state index in [9.17, 15) is 10.1 Å². The first-order valence-electron chi connectivity index (χ1n) is 10.2. The maximum Gasteiger partial charge on any atom is 0.271 e. The molecule has 4 rings (SSSR count). The number of nitriles is 1. The predicted octanol–water partition coefficient (Wildman–Crippen LogP) is 5.36. The van der Waals surface area contributed by atoms with E-state index in [1.54, 1.807) is 18.3 Å². The van der Waals surface area contributed by atoms with E-state index in [4.69, 9.17) is 4.74 Å². The predicted molar refractivity (Wildman–Crippen MR) is 126 cm³/mol. The van der Waals surface area contributed by atoms with E-state index < -0.39 is 0 Å². The van der Waals surface area contributed by atoms with Gasteiger partial charge < -0.3 is 4.74 Å². The van der Waals surface area contributed by atoms with Crippen LogP contribution in [0.25, 0.3) is 10.8 Å². The number of benzene rings is 4. The van der Waals surface area contributed by atoms with Crippen LogP contribution in [0.5, 0.6) is 5.75 Å². The largest absolute Gasteiger partial charge is 0.488 e. The van der Waals surface area contributed by atoms with E-state index in [0.29, 0.717) is 16.9 Å². The van der Waals surface area contributed by atoms with Gasteiger partial charge in [-0.1, -0.05) is 66.7 Å². The zero-order valence-corrected chi connectivity index (χ0v) is 17.6. The maximum absolute atomic E-state index is 12.5. The molecule has 156 valence electrons. The van der Waals surface area contributed by atoms with Crippen molar-refractivity contribution in [2.45, 2.75) is 13.5 Å². The summed E-state index contributed by atoms with van der Waals surface area (Å²) in [5.41, 5.74) is 6.20. The van der Waals surface area contributed by atoms with Crippen LogP contribution in [-0.4, -0.2) is 12.1 Å². The summed E-state index contributed by atoms with van der Waals surface area (Å²) in [6.07, 6.45) is 1.60. The first kappa shape index (κ1) is 20.8. The van der Waals surface area contributed by atoms with Crippen molar-refractivity contribution in [3.63, 3.8) is 0 Å². The fourth-order valence-electron chi connectivity index (χ4n) is 3.49. The van der Waals surface area contributed by atoms with Gasteiger partial charge in [0, 0.05) is 16.7 Å². The van der Waals surface area contributed by atoms with Crippen molar-refractivity contribution in [3.05, 3.63) is 113 Å². The summed E-state index contributed by atoms with van der Waals surface area (Å²) in [5.74, 6) is 0.343. The van der Waals surface area contributed by atoms with Gasteiger partial charge in [0.25, 0.3) is 5.91 Å². The highest BCUT2D eigenvalue weighted by Crippen LogP contribution is 2.27. The van der Waals surface area contributed by atoms with Gasteiger partial charge in [-0.25, -0.2) is 5.43 Å². The number of aryl methyl sites for hydroxylation is 1. The lowest BCUT2D eigenvalue weighted by atomic mass is 10.0. The van der Waals surface area contributed by atoms with Crippen molar-refractivity contribution >= 4 is 22.9 Å². The summed E-state index contributed by atoms with van der Waals surface area (Å²) < 4.78 is 6.08. The lowest BCUT2D eigenvalue weighted by Gasteiger charge is -2.12. The summed E-state index contributed by atoms with van der Waals surface area (Å²) in [4.78, 5) is 12.5. The first-order valence-corrected chi connectivity index (χ1v) is 10.2. The molecule has 0 aromatic heterocycles. The second-order valence-electron chi connectivity index (χ2n) is 7.27. The third kappa shape index (κ3) is 4.50. The van der Waals surface area contributed by atoms with Gasteiger partial charge in [-0.2, -0.15) is 10.4 Å². The number of hydrazone groups is 1. The second kappa shape index (κ2) is 9.59. The van der Waals surface area contributed by atoms with Crippen LogP contribution < -0.4 is 10.2 Å². The molecule has 1 amide bonds. The molecule has 0 saturated heterocycles. The van der Waals surface area contributed by atoms with Crippen LogP contribution in [-0.2, 0) is 6.61 Å². The van der Waals surface area contributed by atoms with Gasteiger partial charge in [-0.05, 0) is 41.5 Å². The Balaban J connectivity index is 1.62. The number of nitrogens with zero attached hydrogens (tertiary/aromatic N) is 2. The normalized spacial score (nSPS) is 10.8. The lowest BCUT2D eigenvalue weighted by Crippen LogP contribution is -2.18. The monoisotopic (exact) mass is 419 g/mol. The highest BCUT2D eigenvalue weighted by molar-refractivity contribution is 6.03. The molecule has 32 heavy (non-hydrogen) atoms. The van der Waals surface area contributed by atoms with Gasteiger partial charge in [0.2, 0.25) is 0 Å². The Kier molecular flexibility index (Phi) is 6.24. The molecule has 0 bridgehead atoms. The number of hydrogen-bond acceptors (Lipinski definition) is 4. The lowest BCUT2D eigenvalue weighted by molar-refractivity contribution is 0.0954. The Hall–Kier alpha value is -4.43. The number of rotatable bonds is 6. The molecule has 0 aliphatic rings. The molecule has 0 saturated carbocycles. The maximum atomic E-state index is 12.5. The Morgan fingerprint density at radius 1 is 1.00 bits per heavy atom. The van der Waals surface area contributed by atoms with E-state index in [2.05, 4.69) is 16.6 Å². The Labute approximate surface area is 186 Å². The fraction of sp³-hybridized carbons (Fsp3) is 0.0741. The zero-order valence-electron chi connectivity index (χ0n) is 17.6. The molecule has 0 atom stereocenters. The van der Waals surface area contributed by atoms with E-state index >= 15 is 0 Å². The van der Waals surface area contributed by atoms with Crippen LogP contribution in [0.1, 0.15) is 32.6 Å². The van der Waals surface area contributed by atoms with Gasteiger partial charge in [0.15, 0.2) is 0 Å². The summed E-state index contributed by atoms with van der Waals surface area (Å²) >= 11 is 0. The zero-order chi connectivity index (χ0) is 22.3. The smallest absolute Gasteiger partial charge is 0.271 e. The molecule has 4 aromatic rings. The Morgan fingerprint density at radius 2 is 1.75 bits per heavy atom. The molecule has 0 aliphatic carbocycles. The topological polar surface area (TPSA) is 74.5 Å². The molecule has 0 fully saturated rings. The molecule has 1 N–H and O–H groups in total. The van der Waals surface area contributed by atoms with Crippen molar-refractivity contribution < 1.29 is 9.53 Å². The minimum absolute atomic E-state index is 0.248. The van der Waals surface area contributed by atoms with Crippen LogP contribution in [0.2, 0.25) is 0 Å². The van der Waals surface area contributed by atoms with Gasteiger partial charge >= 0.3 is 0 Å². The molecule has 5 heteroatoms. The highest BCUT2D eigenvalue weighted by Gasteiger charge is 2.10. The van der Waals surface area contributed by atoms with Crippen LogP contribution >= 0.6 is 0 Å². The molecule has 0 heterocycles. The highest BCUT2D eigenvalue weighted by atomic mass is 16.5. The number of nitrogens with one attached hydrogen (secondary N) is 1. The minimum atomic E-state index is -0.273. The fourth-order valence-corrected chi connectivity index (χ4v) is 3.49. The van der Waals surface area contributed by atoms with Crippen molar-refractivity contribution in [2.24, 2.45) is 5.10 Å². The van der Waals surface area contributed by atoms with Crippen molar-refractivity contribution in [2.75, 3.05) is 0 Å². The average molecular weight is 419 g/mol. The van der Waals surface area contributed by atoms with Gasteiger partial charge in [-0.3, -0.25) is 4.79 Å². The number of amides is 1. The molecule has 0 radical (unpaired) electrons. The Morgan fingerprint density at radius 3 is 2.59 bits per heavy atom. The average Bonchev–Trinajstić information content (AvgIpc) is 2.83. The number of ether oxygens (including phenoxy) is 1. The molecule has 0 unspecified atom stereocenters. The summed E-state index contributed by atoms with van der Waals surface area (Å²) in [6, 6.07) is 28.6. The molecule has 5 nitrogen and oxygen atoms in total. The van der Waals surface area contributed by atoms with Crippen molar-refractivity contribution in [1.82, 2.24) is 5.43 Å². The van der Waals surface area contributed by atoms with Crippen LogP contribution in [0.3, 0.4) is 0 Å². The van der Waals surface area contributed by atoms with Crippen molar-refractivity contribution in [3.8, 4) is 11.8 Å². The number of carbonyl (C=O) groups is 1. The molecule has 0 aliphatic heterocycles. The molecular formula is C27H21N3O2. The summed E-state index contributed by atoms with van der Waals surface area (Å²) in [7, 11) is 0. The quantitative estimate of drug-likeness (QED) is 0.338. The van der Waals surface area contributed by atoms with E-state index in [0.717, 1.165) is 27.5 Å². The van der Waals surface area contributed by atoms with Gasteiger partial charge in [0.1, 0.15) is 12.4 Å². The summed E-state index contributed by atoms with van der Waals surface area (Å²) in [6.45, 7) is 2.13. The standard InChI is InChI=1S/C27H21N3O2/c1-19-8-2-6-12-23(19)27(31)30-29-17-25-24-13-7-5-9-20(24)14-15-26(25)32-18-22-11-4-3-10-21(22)16-28/h2-15,17H,18H2,1H3,(H,30,31)/b29-17+. The van der Waals surface area contributed by atoms with Gasteiger partial charge in [-0.15, -0.1) is 0 Å².